The maximum Gasteiger partial charge on any atom is 0.293 e. The second kappa shape index (κ2) is 9.73. The number of rotatable bonds is 6. The van der Waals surface area contributed by atoms with Gasteiger partial charge >= 0.3 is 0 Å². The normalized spacial score (nSPS) is 15.0. The highest BCUT2D eigenvalue weighted by Gasteiger charge is 2.35. The molecule has 1 saturated heterocycles. The van der Waals surface area contributed by atoms with E-state index in [2.05, 4.69) is 15.9 Å². The first-order valence-corrected chi connectivity index (χ1v) is 11.4. The van der Waals surface area contributed by atoms with Crippen molar-refractivity contribution in [3.63, 3.8) is 0 Å². The van der Waals surface area contributed by atoms with Crippen molar-refractivity contribution < 1.29 is 14.3 Å². The van der Waals surface area contributed by atoms with Crippen LogP contribution in [0.5, 0.6) is 5.75 Å². The van der Waals surface area contributed by atoms with Gasteiger partial charge in [0.1, 0.15) is 12.4 Å². The van der Waals surface area contributed by atoms with Gasteiger partial charge in [-0.15, -0.1) is 0 Å². The minimum Gasteiger partial charge on any atom is -0.488 e. The molecule has 0 atom stereocenters. The summed E-state index contributed by atoms with van der Waals surface area (Å²) in [6.07, 6.45) is 1.71. The summed E-state index contributed by atoms with van der Waals surface area (Å²) in [4.78, 5) is 26.9. The van der Waals surface area contributed by atoms with Crippen LogP contribution < -0.4 is 4.74 Å². The molecule has 3 aromatic carbocycles. The van der Waals surface area contributed by atoms with Gasteiger partial charge in [0.15, 0.2) is 0 Å². The lowest BCUT2D eigenvalue weighted by atomic mass is 10.1. The molecule has 0 saturated carbocycles. The number of carbonyl (C=O) groups is 2. The van der Waals surface area contributed by atoms with Crippen LogP contribution >= 0.6 is 39.3 Å². The van der Waals surface area contributed by atoms with E-state index in [-0.39, 0.29) is 17.7 Å². The van der Waals surface area contributed by atoms with Crippen molar-refractivity contribution in [3.8, 4) is 5.75 Å². The number of carbonyl (C=O) groups excluding carboxylic acids is 2. The lowest BCUT2D eigenvalue weighted by molar-refractivity contribution is -0.123. The number of para-hydroxylation sites is 1. The molecule has 156 valence electrons. The Bertz CT molecular complexity index is 1150. The van der Waals surface area contributed by atoms with E-state index >= 15 is 0 Å². The second-order valence-corrected chi connectivity index (χ2v) is 9.19. The highest BCUT2D eigenvalue weighted by molar-refractivity contribution is 9.10. The molecular weight excluding hydrogens is 498 g/mol. The van der Waals surface area contributed by atoms with Crippen molar-refractivity contribution in [2.75, 3.05) is 0 Å². The standard InChI is InChI=1S/C24H17BrClNO3S/c25-19-9-5-17(6-10-19)15-30-21-4-2-1-3-18(21)13-22-23(28)27(24(29)31-22)14-16-7-11-20(26)12-8-16/h1-13H,14-15H2. The van der Waals surface area contributed by atoms with Gasteiger partial charge in [0.2, 0.25) is 0 Å². The number of amides is 2. The van der Waals surface area contributed by atoms with Crippen molar-refractivity contribution >= 4 is 56.5 Å². The maximum absolute atomic E-state index is 12.9. The number of ether oxygens (including phenoxy) is 1. The van der Waals surface area contributed by atoms with Gasteiger partial charge in [0.05, 0.1) is 11.4 Å². The molecule has 4 rings (SSSR count). The summed E-state index contributed by atoms with van der Waals surface area (Å²) in [5, 5.41) is 0.317. The summed E-state index contributed by atoms with van der Waals surface area (Å²) in [6.45, 7) is 0.608. The Morgan fingerprint density at radius 3 is 2.35 bits per heavy atom. The highest BCUT2D eigenvalue weighted by atomic mass is 79.9. The molecule has 1 aliphatic heterocycles. The molecule has 0 aliphatic carbocycles. The molecule has 1 aliphatic rings. The number of halogens is 2. The summed E-state index contributed by atoms with van der Waals surface area (Å²) in [5.41, 5.74) is 2.61. The van der Waals surface area contributed by atoms with E-state index in [1.807, 2.05) is 48.5 Å². The Morgan fingerprint density at radius 1 is 0.935 bits per heavy atom. The Hall–Kier alpha value is -2.54. The van der Waals surface area contributed by atoms with E-state index in [0.29, 0.717) is 22.3 Å². The van der Waals surface area contributed by atoms with Gasteiger partial charge in [-0.2, -0.15) is 0 Å². The molecule has 0 spiro atoms. The lowest BCUT2D eigenvalue weighted by Crippen LogP contribution is -2.27. The third-order valence-electron chi connectivity index (χ3n) is 4.64. The maximum atomic E-state index is 12.9. The average molecular weight is 515 g/mol. The number of hydrogen-bond donors (Lipinski definition) is 0. The van der Waals surface area contributed by atoms with E-state index < -0.39 is 0 Å². The predicted octanol–water partition coefficient (Wildman–Crippen LogP) is 6.92. The Labute approximate surface area is 198 Å². The van der Waals surface area contributed by atoms with Crippen LogP contribution in [-0.4, -0.2) is 16.0 Å². The number of benzene rings is 3. The monoisotopic (exact) mass is 513 g/mol. The SMILES string of the molecule is O=C1SC(=Cc2ccccc2OCc2ccc(Br)cc2)C(=O)N1Cc1ccc(Cl)cc1. The fraction of sp³-hybridized carbons (Fsp3) is 0.0833. The zero-order chi connectivity index (χ0) is 21.8. The van der Waals surface area contributed by atoms with E-state index in [1.165, 1.54) is 4.90 Å². The molecule has 2 amide bonds. The fourth-order valence-corrected chi connectivity index (χ4v) is 4.24. The number of nitrogens with zero attached hydrogens (tertiary/aromatic N) is 1. The summed E-state index contributed by atoms with van der Waals surface area (Å²) in [5.74, 6) is 0.336. The third-order valence-corrected chi connectivity index (χ3v) is 6.33. The van der Waals surface area contributed by atoms with E-state index in [9.17, 15) is 9.59 Å². The van der Waals surface area contributed by atoms with Gasteiger partial charge in [0.25, 0.3) is 11.1 Å². The minimum atomic E-state index is -0.312. The van der Waals surface area contributed by atoms with Crippen LogP contribution in [0.15, 0.2) is 82.2 Å². The fourth-order valence-electron chi connectivity index (χ4n) is 3.02. The molecule has 0 N–H and O–H groups in total. The van der Waals surface area contributed by atoms with Gasteiger partial charge < -0.3 is 4.74 Å². The van der Waals surface area contributed by atoms with Gasteiger partial charge in [0, 0.05) is 15.1 Å². The second-order valence-electron chi connectivity index (χ2n) is 6.85. The molecule has 7 heteroatoms. The molecule has 0 bridgehead atoms. The first kappa shape index (κ1) is 21.7. The summed E-state index contributed by atoms with van der Waals surface area (Å²) in [6, 6.07) is 22.4. The van der Waals surface area contributed by atoms with Gasteiger partial charge in [-0.3, -0.25) is 14.5 Å². The van der Waals surface area contributed by atoms with Crippen LogP contribution in [0, 0.1) is 0 Å². The van der Waals surface area contributed by atoms with Crippen molar-refractivity contribution in [1.82, 2.24) is 4.90 Å². The van der Waals surface area contributed by atoms with Gasteiger partial charge in [-0.05, 0) is 59.3 Å². The van der Waals surface area contributed by atoms with Crippen LogP contribution in [0.1, 0.15) is 16.7 Å². The van der Waals surface area contributed by atoms with Crippen molar-refractivity contribution in [1.29, 1.82) is 0 Å². The molecule has 0 radical (unpaired) electrons. The van der Waals surface area contributed by atoms with Crippen molar-refractivity contribution in [3.05, 3.63) is 104 Å². The molecule has 1 fully saturated rings. The smallest absolute Gasteiger partial charge is 0.293 e. The number of imide groups is 1. The van der Waals surface area contributed by atoms with Crippen molar-refractivity contribution in [2.24, 2.45) is 0 Å². The molecular formula is C24H17BrClNO3S. The molecule has 0 unspecified atom stereocenters. The van der Waals surface area contributed by atoms with Crippen LogP contribution in [-0.2, 0) is 17.9 Å². The molecule has 1 heterocycles. The van der Waals surface area contributed by atoms with Crippen molar-refractivity contribution in [2.45, 2.75) is 13.2 Å². The van der Waals surface area contributed by atoms with Crippen LogP contribution in [0.25, 0.3) is 6.08 Å². The lowest BCUT2D eigenvalue weighted by Gasteiger charge is -2.12. The summed E-state index contributed by atoms with van der Waals surface area (Å²) < 4.78 is 6.98. The molecule has 0 aromatic heterocycles. The Morgan fingerprint density at radius 2 is 1.61 bits per heavy atom. The number of hydrogen-bond acceptors (Lipinski definition) is 4. The van der Waals surface area contributed by atoms with Crippen LogP contribution in [0.2, 0.25) is 5.02 Å². The van der Waals surface area contributed by atoms with Gasteiger partial charge in [-0.25, -0.2) is 0 Å². The largest absolute Gasteiger partial charge is 0.488 e. The van der Waals surface area contributed by atoms with Crippen LogP contribution in [0.3, 0.4) is 0 Å². The minimum absolute atomic E-state index is 0.209. The molecule has 3 aromatic rings. The first-order valence-electron chi connectivity index (χ1n) is 9.46. The summed E-state index contributed by atoms with van der Waals surface area (Å²) >= 11 is 10.3. The topological polar surface area (TPSA) is 46.6 Å². The highest BCUT2D eigenvalue weighted by Crippen LogP contribution is 2.35. The average Bonchev–Trinajstić information content (AvgIpc) is 3.03. The predicted molar refractivity (Wildman–Crippen MR) is 128 cm³/mol. The quantitative estimate of drug-likeness (QED) is 0.335. The zero-order valence-corrected chi connectivity index (χ0v) is 19.4. The Balaban J connectivity index is 1.50. The summed E-state index contributed by atoms with van der Waals surface area (Å²) in [7, 11) is 0. The Kier molecular flexibility index (Phi) is 6.80. The zero-order valence-electron chi connectivity index (χ0n) is 16.3. The molecule has 4 nitrogen and oxygen atoms in total. The van der Waals surface area contributed by atoms with Gasteiger partial charge in [-0.1, -0.05) is 70.0 Å². The van der Waals surface area contributed by atoms with E-state index in [0.717, 1.165) is 32.9 Å². The molecule has 31 heavy (non-hydrogen) atoms. The third kappa shape index (κ3) is 5.39. The number of thioether (sulfide) groups is 1. The van der Waals surface area contributed by atoms with E-state index in [4.69, 9.17) is 16.3 Å². The van der Waals surface area contributed by atoms with E-state index in [1.54, 1.807) is 30.3 Å². The first-order chi connectivity index (χ1) is 15.0. The van der Waals surface area contributed by atoms with Crippen LogP contribution in [0.4, 0.5) is 4.79 Å².